The number of anilines is 3. The van der Waals surface area contributed by atoms with Crippen molar-refractivity contribution in [3.8, 4) is 0 Å². The first-order valence-corrected chi connectivity index (χ1v) is 9.82. The molecule has 148 valence electrons. The number of nitrogens with one attached hydrogen (secondary N) is 2. The third-order valence-corrected chi connectivity index (χ3v) is 5.83. The van der Waals surface area contributed by atoms with Crippen molar-refractivity contribution < 1.29 is 9.18 Å². The zero-order valence-electron chi connectivity index (χ0n) is 16.7. The standard InChI is InChI=1S/C22H27FN4O/c1-14-4-6-16(12-20(14)27-10-8-26(3)9-11-27)24-22(28)19-13-17-18(23)7-5-15(2)21(17)25-19/h4-7,12,19,25H,8-11,13H2,1-3H3,(H,24,28). The van der Waals surface area contributed by atoms with Crippen molar-refractivity contribution >= 4 is 23.0 Å². The Bertz CT molecular complexity index is 875. The number of rotatable bonds is 3. The fourth-order valence-electron chi connectivity index (χ4n) is 4.03. The van der Waals surface area contributed by atoms with Crippen LogP contribution in [-0.2, 0) is 11.2 Å². The second-order valence-corrected chi connectivity index (χ2v) is 7.90. The number of fused-ring (bicyclic) bond motifs is 1. The van der Waals surface area contributed by atoms with Crippen LogP contribution in [0.15, 0.2) is 30.3 Å². The molecule has 0 saturated carbocycles. The van der Waals surface area contributed by atoms with Gasteiger partial charge in [0.25, 0.3) is 0 Å². The Morgan fingerprint density at radius 1 is 1.11 bits per heavy atom. The maximum atomic E-state index is 14.1. The highest BCUT2D eigenvalue weighted by Crippen LogP contribution is 2.32. The molecule has 2 aromatic rings. The Hall–Kier alpha value is -2.60. The predicted octanol–water partition coefficient (Wildman–Crippen LogP) is 3.17. The fourth-order valence-corrected chi connectivity index (χ4v) is 4.03. The topological polar surface area (TPSA) is 47.6 Å². The Balaban J connectivity index is 1.48. The van der Waals surface area contributed by atoms with Crippen molar-refractivity contribution in [2.75, 3.05) is 48.8 Å². The average molecular weight is 382 g/mol. The van der Waals surface area contributed by atoms with Crippen LogP contribution in [0.1, 0.15) is 16.7 Å². The number of carbonyl (C=O) groups excluding carboxylic acids is 1. The Kier molecular flexibility index (Phi) is 4.98. The molecular formula is C22H27FN4O. The molecule has 2 aliphatic heterocycles. The molecule has 2 heterocycles. The maximum Gasteiger partial charge on any atom is 0.247 e. The van der Waals surface area contributed by atoms with E-state index in [1.807, 2.05) is 25.1 Å². The summed E-state index contributed by atoms with van der Waals surface area (Å²) >= 11 is 0. The number of nitrogens with zero attached hydrogens (tertiary/aromatic N) is 2. The fraction of sp³-hybridized carbons (Fsp3) is 0.409. The molecule has 1 saturated heterocycles. The normalized spacial score (nSPS) is 19.3. The van der Waals surface area contributed by atoms with Gasteiger partial charge in [-0.3, -0.25) is 4.79 Å². The molecule has 4 rings (SSSR count). The van der Waals surface area contributed by atoms with Crippen LogP contribution in [0.25, 0.3) is 0 Å². The summed E-state index contributed by atoms with van der Waals surface area (Å²) in [7, 11) is 2.14. The molecule has 0 bridgehead atoms. The van der Waals surface area contributed by atoms with Gasteiger partial charge in [0.1, 0.15) is 11.9 Å². The molecule has 1 unspecified atom stereocenters. The third-order valence-electron chi connectivity index (χ3n) is 5.83. The summed E-state index contributed by atoms with van der Waals surface area (Å²) < 4.78 is 14.1. The van der Waals surface area contributed by atoms with Crippen molar-refractivity contribution in [3.05, 3.63) is 52.8 Å². The van der Waals surface area contributed by atoms with Crippen molar-refractivity contribution in [1.29, 1.82) is 0 Å². The van der Waals surface area contributed by atoms with E-state index < -0.39 is 6.04 Å². The zero-order chi connectivity index (χ0) is 19.8. The van der Waals surface area contributed by atoms with Gasteiger partial charge in [-0.15, -0.1) is 0 Å². The lowest BCUT2D eigenvalue weighted by Gasteiger charge is -2.35. The molecule has 1 amide bonds. The molecule has 1 fully saturated rings. The van der Waals surface area contributed by atoms with Gasteiger partial charge in [-0.05, 0) is 50.2 Å². The average Bonchev–Trinajstić information content (AvgIpc) is 3.14. The highest BCUT2D eigenvalue weighted by atomic mass is 19.1. The molecule has 5 nitrogen and oxygen atoms in total. The summed E-state index contributed by atoms with van der Waals surface area (Å²) in [6.45, 7) is 8.05. The molecule has 1 atom stereocenters. The van der Waals surface area contributed by atoms with E-state index in [-0.39, 0.29) is 11.7 Å². The van der Waals surface area contributed by atoms with E-state index in [0.29, 0.717) is 12.0 Å². The lowest BCUT2D eigenvalue weighted by atomic mass is 10.1. The van der Waals surface area contributed by atoms with Gasteiger partial charge in [-0.2, -0.15) is 0 Å². The highest BCUT2D eigenvalue weighted by Gasteiger charge is 2.30. The lowest BCUT2D eigenvalue weighted by molar-refractivity contribution is -0.116. The minimum atomic E-state index is -0.459. The molecule has 0 radical (unpaired) electrons. The van der Waals surface area contributed by atoms with E-state index in [0.717, 1.165) is 48.8 Å². The molecule has 0 aliphatic carbocycles. The first-order chi connectivity index (χ1) is 13.4. The van der Waals surface area contributed by atoms with Gasteiger partial charge in [-0.25, -0.2) is 4.39 Å². The van der Waals surface area contributed by atoms with Crippen molar-refractivity contribution in [2.24, 2.45) is 0 Å². The maximum absolute atomic E-state index is 14.1. The SMILES string of the molecule is Cc1ccc(NC(=O)C2Cc3c(F)ccc(C)c3N2)cc1N1CCN(C)CC1. The number of benzene rings is 2. The van der Waals surface area contributed by atoms with Gasteiger partial charge < -0.3 is 20.4 Å². The van der Waals surface area contributed by atoms with Crippen LogP contribution in [-0.4, -0.2) is 50.1 Å². The van der Waals surface area contributed by atoms with Gasteiger partial charge in [0.15, 0.2) is 0 Å². The van der Waals surface area contributed by atoms with E-state index in [9.17, 15) is 9.18 Å². The predicted molar refractivity (Wildman–Crippen MR) is 112 cm³/mol. The van der Waals surface area contributed by atoms with Crippen LogP contribution in [0.3, 0.4) is 0 Å². The first kappa shape index (κ1) is 18.7. The van der Waals surface area contributed by atoms with Gasteiger partial charge in [0.2, 0.25) is 5.91 Å². The van der Waals surface area contributed by atoms with Gasteiger partial charge in [0.05, 0.1) is 0 Å². The molecule has 0 spiro atoms. The summed E-state index contributed by atoms with van der Waals surface area (Å²) in [5.74, 6) is -0.390. The molecule has 2 N–H and O–H groups in total. The molecule has 2 aromatic carbocycles. The van der Waals surface area contributed by atoms with E-state index >= 15 is 0 Å². The van der Waals surface area contributed by atoms with Gasteiger partial charge >= 0.3 is 0 Å². The third kappa shape index (κ3) is 3.56. The van der Waals surface area contributed by atoms with Crippen molar-refractivity contribution in [1.82, 2.24) is 4.90 Å². The van der Waals surface area contributed by atoms with E-state index in [4.69, 9.17) is 0 Å². The Labute approximate surface area is 165 Å². The van der Waals surface area contributed by atoms with Crippen LogP contribution < -0.4 is 15.5 Å². The summed E-state index contributed by atoms with van der Waals surface area (Å²) in [6.07, 6.45) is 0.367. The molecular weight excluding hydrogens is 355 g/mol. The zero-order valence-corrected chi connectivity index (χ0v) is 16.7. The second-order valence-electron chi connectivity index (χ2n) is 7.90. The minimum absolute atomic E-state index is 0.136. The van der Waals surface area contributed by atoms with E-state index in [1.165, 1.54) is 11.6 Å². The van der Waals surface area contributed by atoms with Crippen LogP contribution in [0.2, 0.25) is 0 Å². The van der Waals surface area contributed by atoms with Gasteiger partial charge in [0, 0.05) is 55.2 Å². The monoisotopic (exact) mass is 382 g/mol. The van der Waals surface area contributed by atoms with Crippen LogP contribution in [0.5, 0.6) is 0 Å². The van der Waals surface area contributed by atoms with Crippen molar-refractivity contribution in [3.63, 3.8) is 0 Å². The molecule has 6 heteroatoms. The number of hydrogen-bond acceptors (Lipinski definition) is 4. The quantitative estimate of drug-likeness (QED) is 0.856. The first-order valence-electron chi connectivity index (χ1n) is 9.82. The minimum Gasteiger partial charge on any atom is -0.373 e. The second kappa shape index (κ2) is 7.43. The summed E-state index contributed by atoms with van der Waals surface area (Å²) in [4.78, 5) is 17.5. The molecule has 0 aromatic heterocycles. The Morgan fingerprint density at radius 2 is 1.82 bits per heavy atom. The number of likely N-dealkylation sites (N-methyl/N-ethyl adjacent to an activating group) is 1. The number of hydrogen-bond donors (Lipinski definition) is 2. The number of carbonyl (C=O) groups is 1. The van der Waals surface area contributed by atoms with Crippen LogP contribution in [0.4, 0.5) is 21.5 Å². The largest absolute Gasteiger partial charge is 0.373 e. The molecule has 2 aliphatic rings. The van der Waals surface area contributed by atoms with Crippen LogP contribution >= 0.6 is 0 Å². The van der Waals surface area contributed by atoms with E-state index in [1.54, 1.807) is 6.07 Å². The van der Waals surface area contributed by atoms with Crippen molar-refractivity contribution in [2.45, 2.75) is 26.3 Å². The summed E-state index contributed by atoms with van der Waals surface area (Å²) in [5.41, 5.74) is 5.45. The highest BCUT2D eigenvalue weighted by molar-refractivity contribution is 5.98. The summed E-state index contributed by atoms with van der Waals surface area (Å²) in [5, 5.41) is 6.20. The Morgan fingerprint density at radius 3 is 2.54 bits per heavy atom. The molecule has 28 heavy (non-hydrogen) atoms. The van der Waals surface area contributed by atoms with Crippen LogP contribution in [0, 0.1) is 19.7 Å². The number of amides is 1. The van der Waals surface area contributed by atoms with E-state index in [2.05, 4.69) is 34.4 Å². The smallest absolute Gasteiger partial charge is 0.247 e. The number of halogens is 1. The van der Waals surface area contributed by atoms with Gasteiger partial charge in [-0.1, -0.05) is 12.1 Å². The number of aryl methyl sites for hydroxylation is 2. The number of piperazine rings is 1. The summed E-state index contributed by atoms with van der Waals surface area (Å²) in [6, 6.07) is 8.78. The lowest BCUT2D eigenvalue weighted by Crippen LogP contribution is -2.44.